The lowest BCUT2D eigenvalue weighted by Gasteiger charge is -2.31. The van der Waals surface area contributed by atoms with Crippen LogP contribution in [0.4, 0.5) is 0 Å². The summed E-state index contributed by atoms with van der Waals surface area (Å²) < 4.78 is 10.7. The highest BCUT2D eigenvalue weighted by Gasteiger charge is 2.22. The molecule has 0 saturated carbocycles. The zero-order valence-electron chi connectivity index (χ0n) is 11.8. The summed E-state index contributed by atoms with van der Waals surface area (Å²) in [6.45, 7) is 7.69. The predicted octanol–water partition coefficient (Wildman–Crippen LogP) is 0.638. The van der Waals surface area contributed by atoms with Crippen molar-refractivity contribution < 1.29 is 14.3 Å². The van der Waals surface area contributed by atoms with Gasteiger partial charge in [0.25, 0.3) is 0 Å². The molecule has 106 valence electrons. The third-order valence-electron chi connectivity index (χ3n) is 3.08. The number of esters is 1. The molecule has 0 aromatic heterocycles. The second kappa shape index (κ2) is 8.45. The van der Waals surface area contributed by atoms with E-state index in [1.807, 2.05) is 6.92 Å². The molecule has 0 bridgehead atoms. The maximum atomic E-state index is 11.7. The number of carbonyl (C=O) groups excluding carboxylic acids is 1. The molecule has 1 rings (SSSR count). The van der Waals surface area contributed by atoms with Crippen LogP contribution in [0.2, 0.25) is 0 Å². The van der Waals surface area contributed by atoms with Crippen molar-refractivity contribution in [3.63, 3.8) is 0 Å². The van der Waals surface area contributed by atoms with Crippen molar-refractivity contribution in [3.8, 4) is 0 Å². The van der Waals surface area contributed by atoms with Gasteiger partial charge in [0.1, 0.15) is 6.04 Å². The fraction of sp³-hybridized carbons (Fsp3) is 0.923. The van der Waals surface area contributed by atoms with Crippen LogP contribution in [0.3, 0.4) is 0 Å². The fourth-order valence-electron chi connectivity index (χ4n) is 2.10. The average Bonchev–Trinajstić information content (AvgIpc) is 2.35. The zero-order valence-corrected chi connectivity index (χ0v) is 11.8. The molecule has 1 fully saturated rings. The lowest BCUT2D eigenvalue weighted by atomic mass is 10.1. The second-order valence-electron chi connectivity index (χ2n) is 4.76. The Labute approximate surface area is 110 Å². The van der Waals surface area contributed by atoms with Crippen molar-refractivity contribution in [1.29, 1.82) is 0 Å². The van der Waals surface area contributed by atoms with Crippen LogP contribution in [0.5, 0.6) is 0 Å². The van der Waals surface area contributed by atoms with E-state index in [0.717, 1.165) is 32.5 Å². The first kappa shape index (κ1) is 15.4. The largest absolute Gasteiger partial charge is 0.465 e. The first-order valence-corrected chi connectivity index (χ1v) is 6.87. The van der Waals surface area contributed by atoms with E-state index in [1.165, 1.54) is 0 Å². The molecular formula is C13H26N2O3. The molecule has 0 aliphatic carbocycles. The Kier molecular flexibility index (Phi) is 7.23. The van der Waals surface area contributed by atoms with Gasteiger partial charge < -0.3 is 19.7 Å². The van der Waals surface area contributed by atoms with Gasteiger partial charge in [-0.1, -0.05) is 13.3 Å². The van der Waals surface area contributed by atoms with Crippen molar-refractivity contribution in [3.05, 3.63) is 0 Å². The molecule has 0 spiro atoms. The van der Waals surface area contributed by atoms with Gasteiger partial charge in [-0.2, -0.15) is 0 Å². The van der Waals surface area contributed by atoms with Crippen LogP contribution in [0.15, 0.2) is 0 Å². The summed E-state index contributed by atoms with van der Waals surface area (Å²) >= 11 is 0. The monoisotopic (exact) mass is 258 g/mol. The highest BCUT2D eigenvalue weighted by atomic mass is 16.5. The zero-order chi connectivity index (χ0) is 13.4. The van der Waals surface area contributed by atoms with E-state index in [1.54, 1.807) is 0 Å². The summed E-state index contributed by atoms with van der Waals surface area (Å²) in [6, 6.07) is -0.203. The molecular weight excluding hydrogens is 232 g/mol. The van der Waals surface area contributed by atoms with E-state index in [0.29, 0.717) is 13.2 Å². The van der Waals surface area contributed by atoms with E-state index in [-0.39, 0.29) is 18.1 Å². The Morgan fingerprint density at radius 1 is 1.56 bits per heavy atom. The van der Waals surface area contributed by atoms with E-state index >= 15 is 0 Å². The Morgan fingerprint density at radius 2 is 2.33 bits per heavy atom. The third kappa shape index (κ3) is 5.33. The lowest BCUT2D eigenvalue weighted by molar-refractivity contribution is -0.146. The number of hydrogen-bond acceptors (Lipinski definition) is 5. The molecule has 0 aromatic carbocycles. The first-order valence-electron chi connectivity index (χ1n) is 6.87. The van der Waals surface area contributed by atoms with E-state index in [9.17, 15) is 4.79 Å². The Morgan fingerprint density at radius 3 is 2.94 bits per heavy atom. The molecule has 1 aliphatic heterocycles. The fourth-order valence-corrected chi connectivity index (χ4v) is 2.10. The molecule has 18 heavy (non-hydrogen) atoms. The highest BCUT2D eigenvalue weighted by Crippen LogP contribution is 2.04. The molecule has 2 atom stereocenters. The molecule has 1 heterocycles. The summed E-state index contributed by atoms with van der Waals surface area (Å²) in [5.41, 5.74) is 0. The number of ether oxygens (including phenoxy) is 2. The molecule has 0 aromatic rings. The van der Waals surface area contributed by atoms with Gasteiger partial charge in [0.05, 0.1) is 19.3 Å². The second-order valence-corrected chi connectivity index (χ2v) is 4.76. The van der Waals surface area contributed by atoms with Gasteiger partial charge in [0.15, 0.2) is 0 Å². The minimum Gasteiger partial charge on any atom is -0.465 e. The minimum atomic E-state index is -0.203. The highest BCUT2D eigenvalue weighted by molar-refractivity contribution is 5.75. The van der Waals surface area contributed by atoms with Gasteiger partial charge in [-0.15, -0.1) is 0 Å². The maximum absolute atomic E-state index is 11.7. The number of likely N-dealkylation sites (N-methyl/N-ethyl adjacent to an activating group) is 1. The van der Waals surface area contributed by atoms with Crippen molar-refractivity contribution in [2.24, 2.45) is 0 Å². The number of hydrogen-bond donors (Lipinski definition) is 1. The van der Waals surface area contributed by atoms with E-state index in [2.05, 4.69) is 24.2 Å². The Hall–Kier alpha value is -0.650. The van der Waals surface area contributed by atoms with Crippen LogP contribution in [0.1, 0.15) is 26.7 Å². The van der Waals surface area contributed by atoms with E-state index in [4.69, 9.17) is 9.47 Å². The van der Waals surface area contributed by atoms with Gasteiger partial charge in [0.2, 0.25) is 0 Å². The average molecular weight is 258 g/mol. The SMILES string of the molecule is CCCC(NCC1CN(C)CCO1)C(=O)OCC. The summed E-state index contributed by atoms with van der Waals surface area (Å²) in [5, 5.41) is 3.27. The molecule has 1 N–H and O–H groups in total. The van der Waals surface area contributed by atoms with Crippen LogP contribution in [0.25, 0.3) is 0 Å². The van der Waals surface area contributed by atoms with Gasteiger partial charge in [0, 0.05) is 19.6 Å². The van der Waals surface area contributed by atoms with Gasteiger partial charge in [-0.05, 0) is 20.4 Å². The van der Waals surface area contributed by atoms with Gasteiger partial charge in [-0.25, -0.2) is 0 Å². The Balaban J connectivity index is 2.34. The minimum absolute atomic E-state index is 0.150. The third-order valence-corrected chi connectivity index (χ3v) is 3.08. The molecule has 2 unspecified atom stereocenters. The van der Waals surface area contributed by atoms with Crippen LogP contribution < -0.4 is 5.32 Å². The molecule has 0 radical (unpaired) electrons. The quantitative estimate of drug-likeness (QED) is 0.679. The van der Waals surface area contributed by atoms with Crippen molar-refractivity contribution in [2.75, 3.05) is 39.9 Å². The summed E-state index contributed by atoms with van der Waals surface area (Å²) in [4.78, 5) is 14.0. The molecule has 5 nitrogen and oxygen atoms in total. The summed E-state index contributed by atoms with van der Waals surface area (Å²) in [6.07, 6.45) is 1.93. The Bertz CT molecular complexity index is 248. The normalized spacial score (nSPS) is 22.7. The van der Waals surface area contributed by atoms with Crippen molar-refractivity contribution in [2.45, 2.75) is 38.8 Å². The van der Waals surface area contributed by atoms with Gasteiger partial charge >= 0.3 is 5.97 Å². The van der Waals surface area contributed by atoms with E-state index < -0.39 is 0 Å². The van der Waals surface area contributed by atoms with Crippen LogP contribution in [-0.2, 0) is 14.3 Å². The number of nitrogens with zero attached hydrogens (tertiary/aromatic N) is 1. The van der Waals surface area contributed by atoms with Crippen molar-refractivity contribution in [1.82, 2.24) is 10.2 Å². The van der Waals surface area contributed by atoms with Crippen molar-refractivity contribution >= 4 is 5.97 Å². The van der Waals surface area contributed by atoms with Gasteiger partial charge in [-0.3, -0.25) is 4.79 Å². The standard InChI is InChI=1S/C13H26N2O3/c1-4-6-12(13(16)17-5-2)14-9-11-10-15(3)7-8-18-11/h11-12,14H,4-10H2,1-3H3. The number of nitrogens with one attached hydrogen (secondary N) is 1. The van der Waals surface area contributed by atoms with Crippen LogP contribution in [0, 0.1) is 0 Å². The summed E-state index contributed by atoms with van der Waals surface area (Å²) in [5.74, 6) is -0.150. The molecule has 5 heteroatoms. The maximum Gasteiger partial charge on any atom is 0.323 e. The van der Waals surface area contributed by atoms with Crippen LogP contribution >= 0.6 is 0 Å². The smallest absolute Gasteiger partial charge is 0.323 e. The first-order chi connectivity index (χ1) is 8.67. The molecule has 1 saturated heterocycles. The topological polar surface area (TPSA) is 50.8 Å². The molecule has 0 amide bonds. The lowest BCUT2D eigenvalue weighted by Crippen LogP contribution is -2.48. The number of morpholine rings is 1. The van der Waals surface area contributed by atoms with Crippen LogP contribution in [-0.4, -0.2) is 62.9 Å². The predicted molar refractivity (Wildman–Crippen MR) is 70.6 cm³/mol. The molecule has 1 aliphatic rings. The summed E-state index contributed by atoms with van der Waals surface area (Å²) in [7, 11) is 2.09. The number of rotatable bonds is 7. The number of carbonyl (C=O) groups is 1.